The summed E-state index contributed by atoms with van der Waals surface area (Å²) in [6, 6.07) is 3.86. The molecule has 2 saturated heterocycles. The summed E-state index contributed by atoms with van der Waals surface area (Å²) >= 11 is 0. The smallest absolute Gasteiger partial charge is 0.325 e. The van der Waals surface area contributed by atoms with Gasteiger partial charge in [-0.1, -0.05) is 26.7 Å². The summed E-state index contributed by atoms with van der Waals surface area (Å²) in [5.74, 6) is 0.000930. The van der Waals surface area contributed by atoms with Crippen LogP contribution >= 0.6 is 0 Å². The van der Waals surface area contributed by atoms with Crippen molar-refractivity contribution in [2.75, 3.05) is 26.2 Å². The monoisotopic (exact) mass is 487 g/mol. The number of ether oxygens (including phenoxy) is 1. The first-order chi connectivity index (χ1) is 16.8. The molecule has 1 unspecified atom stereocenters. The van der Waals surface area contributed by atoms with E-state index < -0.39 is 23.0 Å². The minimum absolute atomic E-state index is 0.289. The Labute approximate surface area is 207 Å². The molecular formula is C27H38FN3O4. The van der Waals surface area contributed by atoms with Crippen LogP contribution < -0.4 is 10.1 Å². The number of piperidine rings is 1. The van der Waals surface area contributed by atoms with Gasteiger partial charge in [0.15, 0.2) is 5.54 Å². The molecule has 1 atom stereocenters. The van der Waals surface area contributed by atoms with Gasteiger partial charge >= 0.3 is 6.03 Å². The van der Waals surface area contributed by atoms with Crippen molar-refractivity contribution >= 4 is 17.7 Å². The second kappa shape index (κ2) is 10.6. The van der Waals surface area contributed by atoms with Gasteiger partial charge in [-0.25, -0.2) is 9.18 Å². The summed E-state index contributed by atoms with van der Waals surface area (Å²) in [4.78, 5) is 42.0. The molecule has 0 aromatic heterocycles. The van der Waals surface area contributed by atoms with E-state index in [1.165, 1.54) is 17.0 Å². The van der Waals surface area contributed by atoms with Crippen molar-refractivity contribution in [3.05, 3.63) is 29.6 Å². The average molecular weight is 488 g/mol. The molecule has 1 spiro atoms. The van der Waals surface area contributed by atoms with Crippen LogP contribution in [0.15, 0.2) is 18.2 Å². The summed E-state index contributed by atoms with van der Waals surface area (Å²) in [7, 11) is 0. The van der Waals surface area contributed by atoms with E-state index in [2.05, 4.69) is 24.1 Å². The van der Waals surface area contributed by atoms with Crippen LogP contribution in [-0.2, 0) is 15.1 Å². The second-order valence-corrected chi connectivity index (χ2v) is 10.3. The van der Waals surface area contributed by atoms with Gasteiger partial charge < -0.3 is 15.0 Å². The lowest BCUT2D eigenvalue weighted by molar-refractivity contribution is -0.136. The largest absolute Gasteiger partial charge is 0.487 e. The van der Waals surface area contributed by atoms with E-state index in [0.717, 1.165) is 58.2 Å². The van der Waals surface area contributed by atoms with Crippen molar-refractivity contribution < 1.29 is 23.5 Å². The van der Waals surface area contributed by atoms with Crippen LogP contribution in [0.1, 0.15) is 83.6 Å². The number of carbonyl (C=O) groups is 3. The van der Waals surface area contributed by atoms with E-state index in [9.17, 15) is 18.8 Å². The zero-order valence-electron chi connectivity index (χ0n) is 21.0. The summed E-state index contributed by atoms with van der Waals surface area (Å²) in [6.45, 7) is 6.71. The van der Waals surface area contributed by atoms with Gasteiger partial charge in [-0.15, -0.1) is 0 Å². The number of benzene rings is 1. The number of carbonyl (C=O) groups excluding carboxylic acids is 3. The first-order valence-electron chi connectivity index (χ1n) is 13.2. The highest BCUT2D eigenvalue weighted by Gasteiger charge is 2.60. The van der Waals surface area contributed by atoms with Crippen molar-refractivity contribution in [2.24, 2.45) is 0 Å². The highest BCUT2D eigenvalue weighted by molar-refractivity contribution is 6.08. The van der Waals surface area contributed by atoms with Crippen molar-refractivity contribution in [3.63, 3.8) is 0 Å². The number of rotatable bonds is 10. The number of fused-ring (bicyclic) bond motifs is 2. The van der Waals surface area contributed by atoms with E-state index >= 15 is 0 Å². The maximum absolute atomic E-state index is 14.4. The van der Waals surface area contributed by atoms with Gasteiger partial charge in [0.25, 0.3) is 5.91 Å². The Morgan fingerprint density at radius 2 is 1.69 bits per heavy atom. The molecule has 0 radical (unpaired) electrons. The number of nitrogens with one attached hydrogen (secondary N) is 1. The lowest BCUT2D eigenvalue weighted by atomic mass is 9.72. The molecule has 8 heteroatoms. The molecule has 192 valence electrons. The molecule has 0 saturated carbocycles. The van der Waals surface area contributed by atoms with E-state index in [-0.39, 0.29) is 11.7 Å². The molecule has 3 aliphatic heterocycles. The summed E-state index contributed by atoms with van der Waals surface area (Å²) in [6.07, 6.45) is 7.50. The highest BCUT2D eigenvalue weighted by Crippen LogP contribution is 2.50. The molecule has 3 aliphatic rings. The zero-order chi connectivity index (χ0) is 25.1. The zero-order valence-corrected chi connectivity index (χ0v) is 21.0. The first kappa shape index (κ1) is 25.6. The summed E-state index contributed by atoms with van der Waals surface area (Å²) in [5.41, 5.74) is -1.49. The number of nitrogens with zero attached hydrogens (tertiary/aromatic N) is 2. The van der Waals surface area contributed by atoms with Gasteiger partial charge in [-0.05, 0) is 56.8 Å². The Morgan fingerprint density at radius 3 is 2.34 bits per heavy atom. The number of unbranched alkanes of at least 4 members (excludes halogenated alkanes) is 2. The van der Waals surface area contributed by atoms with Gasteiger partial charge in [-0.3, -0.25) is 14.5 Å². The predicted octanol–water partition coefficient (Wildman–Crippen LogP) is 4.53. The third-order valence-electron chi connectivity index (χ3n) is 7.73. The predicted molar refractivity (Wildman–Crippen MR) is 131 cm³/mol. The minimum Gasteiger partial charge on any atom is -0.487 e. The SMILES string of the molecule is CCCCC1(CCCC)CC2(NC(=O)N(CCCN3CCC(=O)CC3)C2=O)c2cc(F)ccc2O1. The van der Waals surface area contributed by atoms with Crippen LogP contribution in [-0.4, -0.2) is 59.3 Å². The Bertz CT molecular complexity index is 950. The Hall–Kier alpha value is -2.48. The molecule has 0 aliphatic carbocycles. The fraction of sp³-hybridized carbons (Fsp3) is 0.667. The van der Waals surface area contributed by atoms with E-state index in [1.54, 1.807) is 6.07 Å². The van der Waals surface area contributed by atoms with Crippen molar-refractivity contribution in [3.8, 4) is 5.75 Å². The van der Waals surface area contributed by atoms with E-state index in [4.69, 9.17) is 4.74 Å². The number of hydrogen-bond acceptors (Lipinski definition) is 5. The average Bonchev–Trinajstić information content (AvgIpc) is 3.07. The summed E-state index contributed by atoms with van der Waals surface area (Å²) < 4.78 is 20.9. The molecule has 3 heterocycles. The van der Waals surface area contributed by atoms with Crippen LogP contribution in [0.3, 0.4) is 0 Å². The molecule has 7 nitrogen and oxygen atoms in total. The number of likely N-dealkylation sites (tertiary alicyclic amines) is 1. The molecule has 0 bridgehead atoms. The molecular weight excluding hydrogens is 449 g/mol. The molecule has 1 aromatic carbocycles. The van der Waals surface area contributed by atoms with E-state index in [0.29, 0.717) is 43.5 Å². The summed E-state index contributed by atoms with van der Waals surface area (Å²) in [5, 5.41) is 2.99. The molecule has 1 N–H and O–H groups in total. The first-order valence-corrected chi connectivity index (χ1v) is 13.2. The van der Waals surface area contributed by atoms with Crippen LogP contribution in [0.5, 0.6) is 5.75 Å². The maximum atomic E-state index is 14.4. The number of Topliss-reactive ketones (excluding diaryl/α,β-unsaturated/α-hetero) is 1. The standard InChI is InChI=1S/C27H38FN3O4/c1-3-5-12-26(13-6-4-2)19-27(22-18-20(28)8-9-23(22)35-26)24(33)31(25(34)29-27)15-7-14-30-16-10-21(32)11-17-30/h8-9,18H,3-7,10-17,19H2,1-2H3,(H,29,34). The number of halogens is 1. The van der Waals surface area contributed by atoms with E-state index in [1.807, 2.05) is 0 Å². The fourth-order valence-electron chi connectivity index (χ4n) is 5.78. The molecule has 2 fully saturated rings. The molecule has 3 amide bonds. The third kappa shape index (κ3) is 5.22. The normalized spacial score (nSPS) is 24.0. The molecule has 35 heavy (non-hydrogen) atoms. The Kier molecular flexibility index (Phi) is 7.79. The number of ketones is 1. The van der Waals surface area contributed by atoms with Gasteiger partial charge in [0, 0.05) is 44.5 Å². The lowest BCUT2D eigenvalue weighted by Crippen LogP contribution is -2.56. The fourth-order valence-corrected chi connectivity index (χ4v) is 5.78. The number of amides is 3. The third-order valence-corrected chi connectivity index (χ3v) is 7.73. The van der Waals surface area contributed by atoms with Crippen LogP contribution in [0.2, 0.25) is 0 Å². The Balaban J connectivity index is 1.58. The topological polar surface area (TPSA) is 79.0 Å². The van der Waals surface area contributed by atoms with Crippen LogP contribution in [0, 0.1) is 5.82 Å². The second-order valence-electron chi connectivity index (χ2n) is 10.3. The lowest BCUT2D eigenvalue weighted by Gasteiger charge is -2.46. The Morgan fingerprint density at radius 1 is 1.00 bits per heavy atom. The number of urea groups is 1. The van der Waals surface area contributed by atoms with Crippen LogP contribution in [0.4, 0.5) is 9.18 Å². The van der Waals surface area contributed by atoms with Crippen molar-refractivity contribution in [1.29, 1.82) is 0 Å². The van der Waals surface area contributed by atoms with Crippen molar-refractivity contribution in [2.45, 2.75) is 89.2 Å². The molecule has 4 rings (SSSR count). The van der Waals surface area contributed by atoms with Crippen molar-refractivity contribution in [1.82, 2.24) is 15.1 Å². The van der Waals surface area contributed by atoms with Gasteiger partial charge in [0.1, 0.15) is 23.0 Å². The maximum Gasteiger partial charge on any atom is 0.325 e. The minimum atomic E-state index is -1.31. The highest BCUT2D eigenvalue weighted by atomic mass is 19.1. The van der Waals surface area contributed by atoms with Crippen LogP contribution in [0.25, 0.3) is 0 Å². The van der Waals surface area contributed by atoms with Gasteiger partial charge in [0.05, 0.1) is 0 Å². The van der Waals surface area contributed by atoms with Gasteiger partial charge in [0.2, 0.25) is 0 Å². The number of hydrogen-bond donors (Lipinski definition) is 1. The molecule has 1 aromatic rings. The van der Waals surface area contributed by atoms with Gasteiger partial charge in [-0.2, -0.15) is 0 Å². The quantitative estimate of drug-likeness (QED) is 0.491. The number of imide groups is 1.